The van der Waals surface area contributed by atoms with Gasteiger partial charge in [-0.25, -0.2) is 0 Å². The highest BCUT2D eigenvalue weighted by atomic mass is 16.5. The fourth-order valence-electron chi connectivity index (χ4n) is 2.53. The molecule has 5 heteroatoms. The second-order valence-electron chi connectivity index (χ2n) is 5.15. The molecule has 5 nitrogen and oxygen atoms in total. The fourth-order valence-corrected chi connectivity index (χ4v) is 2.53. The summed E-state index contributed by atoms with van der Waals surface area (Å²) in [6.45, 7) is 2.00. The summed E-state index contributed by atoms with van der Waals surface area (Å²) in [5.74, 6) is 1.57. The standard InChI is InChI=1S/C14H17N3O2/c1-9-6-7-15-8-12(9)13-16-14(19-17-13)10-2-4-11(18)5-3-10/h6-8,10-11,18H,2-5H2,1H3. The number of hydrogen-bond acceptors (Lipinski definition) is 5. The van der Waals surface area contributed by atoms with E-state index in [1.807, 2.05) is 13.0 Å². The summed E-state index contributed by atoms with van der Waals surface area (Å²) in [6, 6.07) is 1.93. The van der Waals surface area contributed by atoms with Gasteiger partial charge in [0.05, 0.1) is 6.10 Å². The third-order valence-electron chi connectivity index (χ3n) is 3.77. The van der Waals surface area contributed by atoms with Gasteiger partial charge in [-0.3, -0.25) is 4.98 Å². The molecule has 0 bridgehead atoms. The number of aromatic nitrogens is 3. The SMILES string of the molecule is Cc1ccncc1-c1noc(C2CCC(O)CC2)n1. The van der Waals surface area contributed by atoms with E-state index in [-0.39, 0.29) is 12.0 Å². The summed E-state index contributed by atoms with van der Waals surface area (Å²) in [4.78, 5) is 8.59. The molecule has 1 fully saturated rings. The first-order valence-corrected chi connectivity index (χ1v) is 6.66. The van der Waals surface area contributed by atoms with E-state index in [9.17, 15) is 5.11 Å². The maximum atomic E-state index is 9.52. The minimum absolute atomic E-state index is 0.167. The summed E-state index contributed by atoms with van der Waals surface area (Å²) in [7, 11) is 0. The molecule has 0 saturated heterocycles. The minimum atomic E-state index is -0.167. The molecule has 3 rings (SSSR count). The van der Waals surface area contributed by atoms with E-state index >= 15 is 0 Å². The molecular weight excluding hydrogens is 242 g/mol. The third-order valence-corrected chi connectivity index (χ3v) is 3.77. The van der Waals surface area contributed by atoms with Crippen molar-refractivity contribution in [2.24, 2.45) is 0 Å². The van der Waals surface area contributed by atoms with Crippen molar-refractivity contribution in [3.8, 4) is 11.4 Å². The monoisotopic (exact) mass is 259 g/mol. The first kappa shape index (κ1) is 12.3. The summed E-state index contributed by atoms with van der Waals surface area (Å²) in [6.07, 6.45) is 6.79. The Morgan fingerprint density at radius 2 is 2.05 bits per heavy atom. The van der Waals surface area contributed by atoms with E-state index in [0.29, 0.717) is 11.7 Å². The number of rotatable bonds is 2. The maximum Gasteiger partial charge on any atom is 0.230 e. The largest absolute Gasteiger partial charge is 0.393 e. The van der Waals surface area contributed by atoms with Crippen LogP contribution in [0.4, 0.5) is 0 Å². The molecule has 0 aromatic carbocycles. The Balaban J connectivity index is 1.82. The molecule has 0 amide bonds. The minimum Gasteiger partial charge on any atom is -0.393 e. The van der Waals surface area contributed by atoms with Crippen molar-refractivity contribution in [1.29, 1.82) is 0 Å². The van der Waals surface area contributed by atoms with Crippen molar-refractivity contribution < 1.29 is 9.63 Å². The quantitative estimate of drug-likeness (QED) is 0.896. The number of aliphatic hydroxyl groups excluding tert-OH is 1. The highest BCUT2D eigenvalue weighted by molar-refractivity contribution is 5.57. The van der Waals surface area contributed by atoms with Gasteiger partial charge in [0.1, 0.15) is 0 Å². The first-order chi connectivity index (χ1) is 9.24. The van der Waals surface area contributed by atoms with Gasteiger partial charge < -0.3 is 9.63 Å². The topological polar surface area (TPSA) is 72.0 Å². The molecule has 100 valence electrons. The summed E-state index contributed by atoms with van der Waals surface area (Å²) in [5.41, 5.74) is 2.00. The fraction of sp³-hybridized carbons (Fsp3) is 0.500. The Morgan fingerprint density at radius 3 is 2.79 bits per heavy atom. The van der Waals surface area contributed by atoms with E-state index in [4.69, 9.17) is 4.52 Å². The van der Waals surface area contributed by atoms with Crippen LogP contribution in [-0.2, 0) is 0 Å². The molecule has 0 unspecified atom stereocenters. The molecule has 2 aromatic heterocycles. The predicted octanol–water partition coefficient (Wildman–Crippen LogP) is 2.46. The lowest BCUT2D eigenvalue weighted by Crippen LogP contribution is -2.17. The van der Waals surface area contributed by atoms with Crippen LogP contribution in [0.3, 0.4) is 0 Å². The average molecular weight is 259 g/mol. The van der Waals surface area contributed by atoms with E-state index in [2.05, 4.69) is 15.1 Å². The highest BCUT2D eigenvalue weighted by Gasteiger charge is 2.25. The van der Waals surface area contributed by atoms with Gasteiger partial charge in [0, 0.05) is 23.9 Å². The van der Waals surface area contributed by atoms with Gasteiger partial charge in [-0.2, -0.15) is 4.98 Å². The zero-order valence-corrected chi connectivity index (χ0v) is 10.9. The Labute approximate surface area is 111 Å². The Morgan fingerprint density at radius 1 is 1.26 bits per heavy atom. The predicted molar refractivity (Wildman–Crippen MR) is 69.5 cm³/mol. The van der Waals surface area contributed by atoms with Crippen molar-refractivity contribution in [2.45, 2.75) is 44.6 Å². The van der Waals surface area contributed by atoms with E-state index in [1.165, 1.54) is 0 Å². The molecule has 2 aromatic rings. The van der Waals surface area contributed by atoms with Gasteiger partial charge in [0.15, 0.2) is 0 Å². The van der Waals surface area contributed by atoms with Crippen molar-refractivity contribution >= 4 is 0 Å². The zero-order valence-electron chi connectivity index (χ0n) is 10.9. The lowest BCUT2D eigenvalue weighted by Gasteiger charge is -2.22. The van der Waals surface area contributed by atoms with Crippen LogP contribution in [0.1, 0.15) is 43.1 Å². The van der Waals surface area contributed by atoms with Gasteiger partial charge >= 0.3 is 0 Å². The maximum absolute atomic E-state index is 9.52. The number of pyridine rings is 1. The first-order valence-electron chi connectivity index (χ1n) is 6.66. The Bertz CT molecular complexity index is 559. The van der Waals surface area contributed by atoms with Gasteiger partial charge in [-0.1, -0.05) is 5.16 Å². The van der Waals surface area contributed by atoms with E-state index < -0.39 is 0 Å². The van der Waals surface area contributed by atoms with Gasteiger partial charge in [0.25, 0.3) is 0 Å². The molecule has 0 radical (unpaired) electrons. The summed E-state index contributed by atoms with van der Waals surface area (Å²) in [5, 5.41) is 13.6. The van der Waals surface area contributed by atoms with Crippen LogP contribution in [0.5, 0.6) is 0 Å². The lowest BCUT2D eigenvalue weighted by molar-refractivity contribution is 0.116. The lowest BCUT2D eigenvalue weighted by atomic mass is 9.87. The second kappa shape index (κ2) is 5.09. The Kier molecular flexibility index (Phi) is 3.29. The molecule has 1 aliphatic rings. The van der Waals surface area contributed by atoms with Crippen molar-refractivity contribution in [3.05, 3.63) is 29.9 Å². The van der Waals surface area contributed by atoms with Crippen LogP contribution in [0.25, 0.3) is 11.4 Å². The number of aliphatic hydroxyl groups is 1. The molecule has 1 saturated carbocycles. The van der Waals surface area contributed by atoms with Gasteiger partial charge in [-0.05, 0) is 44.2 Å². The zero-order chi connectivity index (χ0) is 13.2. The van der Waals surface area contributed by atoms with Crippen molar-refractivity contribution in [3.63, 3.8) is 0 Å². The molecule has 1 N–H and O–H groups in total. The van der Waals surface area contributed by atoms with Crippen LogP contribution in [0.2, 0.25) is 0 Å². The number of aryl methyl sites for hydroxylation is 1. The highest BCUT2D eigenvalue weighted by Crippen LogP contribution is 2.33. The Hall–Kier alpha value is -1.75. The normalized spacial score (nSPS) is 23.5. The van der Waals surface area contributed by atoms with Gasteiger partial charge in [0.2, 0.25) is 11.7 Å². The molecular formula is C14H17N3O2. The van der Waals surface area contributed by atoms with E-state index in [1.54, 1.807) is 12.4 Å². The van der Waals surface area contributed by atoms with Crippen molar-refractivity contribution in [1.82, 2.24) is 15.1 Å². The molecule has 2 heterocycles. The van der Waals surface area contributed by atoms with Crippen LogP contribution >= 0.6 is 0 Å². The van der Waals surface area contributed by atoms with Gasteiger partial charge in [-0.15, -0.1) is 0 Å². The smallest absolute Gasteiger partial charge is 0.230 e. The number of hydrogen-bond donors (Lipinski definition) is 1. The average Bonchev–Trinajstić information content (AvgIpc) is 2.89. The molecule has 1 aliphatic carbocycles. The molecule has 0 aliphatic heterocycles. The van der Waals surface area contributed by atoms with Crippen LogP contribution in [0, 0.1) is 6.92 Å². The second-order valence-corrected chi connectivity index (χ2v) is 5.15. The van der Waals surface area contributed by atoms with Crippen LogP contribution in [-0.4, -0.2) is 26.3 Å². The van der Waals surface area contributed by atoms with Crippen LogP contribution < -0.4 is 0 Å². The summed E-state index contributed by atoms with van der Waals surface area (Å²) < 4.78 is 5.38. The molecule has 19 heavy (non-hydrogen) atoms. The summed E-state index contributed by atoms with van der Waals surface area (Å²) >= 11 is 0. The van der Waals surface area contributed by atoms with Crippen molar-refractivity contribution in [2.75, 3.05) is 0 Å². The third kappa shape index (κ3) is 2.51. The van der Waals surface area contributed by atoms with E-state index in [0.717, 1.165) is 36.8 Å². The van der Waals surface area contributed by atoms with Crippen LogP contribution in [0.15, 0.2) is 23.0 Å². The molecule has 0 atom stereocenters. The number of nitrogens with zero attached hydrogens (tertiary/aromatic N) is 3. The molecule has 0 spiro atoms.